The molecular weight excluding hydrogens is 820 g/mol. The minimum absolute atomic E-state index is 0.109. The first-order valence-electron chi connectivity index (χ1n) is 19.5. The van der Waals surface area contributed by atoms with Crippen molar-refractivity contribution >= 4 is 41.8 Å². The fourth-order valence-electron chi connectivity index (χ4n) is 6.43. The molecule has 2 spiro atoms. The number of carbonyl (C=O) groups excluding carboxylic acids is 7. The van der Waals surface area contributed by atoms with E-state index >= 15 is 0 Å². The van der Waals surface area contributed by atoms with E-state index in [1.807, 2.05) is 0 Å². The minimum Gasteiger partial charge on any atom is -0.574 e. The molecule has 1 aliphatic carbocycles. The minimum atomic E-state index is -1.72. The molecule has 2 atom stereocenters. The Morgan fingerprint density at radius 1 is 0.565 bits per heavy atom. The van der Waals surface area contributed by atoms with Crippen molar-refractivity contribution in [1.82, 2.24) is 0 Å². The summed E-state index contributed by atoms with van der Waals surface area (Å²) >= 11 is 0. The van der Waals surface area contributed by atoms with Gasteiger partial charge < -0.3 is 57.6 Å². The summed E-state index contributed by atoms with van der Waals surface area (Å²) in [6.07, 6.45) is 11.6. The van der Waals surface area contributed by atoms with Crippen LogP contribution in [0.15, 0.2) is 107 Å². The van der Waals surface area contributed by atoms with Crippen LogP contribution in [0.5, 0.6) is 0 Å². The number of allylic oxidation sites excluding steroid dienone is 9. The van der Waals surface area contributed by atoms with Crippen LogP contribution in [0, 0.1) is 0 Å². The molecule has 5 rings (SSSR count). The molecule has 0 bridgehead atoms. The molecule has 0 aromatic rings. The Bertz CT molecular complexity index is 1940. The fraction of sp³-hybridized carbons (Fsp3) is 0.419. The summed E-state index contributed by atoms with van der Waals surface area (Å²) in [7, 11) is 0. The predicted molar refractivity (Wildman–Crippen MR) is 202 cm³/mol. The number of carbonyl (C=O) groups is 7. The lowest BCUT2D eigenvalue weighted by Gasteiger charge is -2.45. The number of cyclic esters (lactones) is 2. The summed E-state index contributed by atoms with van der Waals surface area (Å²) in [6, 6.07) is 0. The van der Waals surface area contributed by atoms with Gasteiger partial charge in [-0.05, 0) is 52.0 Å². The number of hydrogen-bond donors (Lipinski definition) is 0. The molecule has 2 saturated heterocycles. The maximum atomic E-state index is 12.9. The van der Waals surface area contributed by atoms with E-state index in [4.69, 9.17) is 47.4 Å². The molecule has 4 aliphatic heterocycles. The van der Waals surface area contributed by atoms with Crippen molar-refractivity contribution in [3.05, 3.63) is 107 Å². The first-order chi connectivity index (χ1) is 29.3. The second-order valence-corrected chi connectivity index (χ2v) is 14.5. The highest BCUT2D eigenvalue weighted by Crippen LogP contribution is 2.45. The molecule has 332 valence electrons. The van der Waals surface area contributed by atoms with E-state index in [0.717, 1.165) is 24.3 Å². The SMILES string of the molecule is C=C(CCC1(C)OC(=O)C(/C=C/C=C/C=C2C(=O)OC3(CCC4(CC3)OC(=O)C(=C/C=C/C=C/C3=C([O-])OC(C)(CCC(=O)OCC)OC3=O)C(=O)O4)OC2=O)=C([O-])O1)OCC. The smallest absolute Gasteiger partial charge is 0.348 e. The van der Waals surface area contributed by atoms with Crippen molar-refractivity contribution in [1.29, 1.82) is 0 Å². The van der Waals surface area contributed by atoms with Crippen LogP contribution in [0.3, 0.4) is 0 Å². The van der Waals surface area contributed by atoms with Gasteiger partial charge in [-0.2, -0.15) is 0 Å². The van der Waals surface area contributed by atoms with Crippen molar-refractivity contribution in [2.24, 2.45) is 0 Å². The first-order valence-corrected chi connectivity index (χ1v) is 19.5. The topological polar surface area (TPSA) is 258 Å². The average molecular weight is 865 g/mol. The second kappa shape index (κ2) is 19.1. The number of ether oxygens (including phenoxy) is 10. The lowest BCUT2D eigenvalue weighted by Crippen LogP contribution is -2.56. The Hall–Kier alpha value is -7.05. The normalized spacial score (nSPS) is 27.8. The first kappa shape index (κ1) is 46.0. The Kier molecular flexibility index (Phi) is 14.2. The molecule has 0 N–H and O–H groups in total. The Morgan fingerprint density at radius 2 is 0.952 bits per heavy atom. The zero-order chi connectivity index (χ0) is 45.3. The van der Waals surface area contributed by atoms with Gasteiger partial charge in [0.2, 0.25) is 0 Å². The molecule has 4 heterocycles. The molecule has 1 saturated carbocycles. The van der Waals surface area contributed by atoms with Gasteiger partial charge in [0.05, 0.1) is 48.4 Å². The van der Waals surface area contributed by atoms with Crippen LogP contribution < -0.4 is 10.2 Å². The van der Waals surface area contributed by atoms with Gasteiger partial charge in [0.15, 0.2) is 11.6 Å². The van der Waals surface area contributed by atoms with Crippen molar-refractivity contribution in [3.63, 3.8) is 0 Å². The summed E-state index contributed by atoms with van der Waals surface area (Å²) in [5, 5.41) is 25.0. The van der Waals surface area contributed by atoms with E-state index < -0.39 is 93.5 Å². The standard InChI is InChI=1S/C43H46O19/c1-6-53-26(3)18-20-40(4)55-32(45)27(33(46)56-40)14-10-8-12-16-29-36(49)59-42(60-37(29)50)22-24-43(25-23-42)61-38(51)30(39(52)62-43)17-13-9-11-15-28-34(47)57-41(5,58-35(28)48)21-19-31(44)54-7-2/h8-17,45,47H,3,6-7,18-25H2,1-2,4-5H3/p-2/b12-8+,13-9+,14-10+,15-11+,29-16?,30-17?. The highest BCUT2D eigenvalue weighted by Gasteiger charge is 2.56. The summed E-state index contributed by atoms with van der Waals surface area (Å²) < 4.78 is 53.2. The summed E-state index contributed by atoms with van der Waals surface area (Å²) in [6.45, 7) is 10.5. The molecule has 2 unspecified atom stereocenters. The summed E-state index contributed by atoms with van der Waals surface area (Å²) in [4.78, 5) is 88.3. The third-order valence-corrected chi connectivity index (χ3v) is 9.67. The third kappa shape index (κ3) is 11.2. The van der Waals surface area contributed by atoms with Gasteiger partial charge in [-0.3, -0.25) is 4.79 Å². The molecule has 0 aromatic heterocycles. The molecular formula is C43H44O19-2. The van der Waals surface area contributed by atoms with E-state index in [9.17, 15) is 43.8 Å². The average Bonchev–Trinajstić information content (AvgIpc) is 3.18. The lowest BCUT2D eigenvalue weighted by atomic mass is 9.87. The van der Waals surface area contributed by atoms with E-state index in [1.165, 1.54) is 50.3 Å². The molecule has 3 fully saturated rings. The zero-order valence-corrected chi connectivity index (χ0v) is 34.3. The molecule has 19 heteroatoms. The molecule has 19 nitrogen and oxygen atoms in total. The number of rotatable bonds is 15. The second-order valence-electron chi connectivity index (χ2n) is 14.5. The van der Waals surface area contributed by atoms with Gasteiger partial charge in [-0.1, -0.05) is 43.0 Å². The van der Waals surface area contributed by atoms with Crippen LogP contribution in [0.2, 0.25) is 0 Å². The number of hydrogen-bond acceptors (Lipinski definition) is 19. The van der Waals surface area contributed by atoms with Crippen LogP contribution >= 0.6 is 0 Å². The van der Waals surface area contributed by atoms with Gasteiger partial charge in [-0.25, -0.2) is 28.8 Å². The highest BCUT2D eigenvalue weighted by molar-refractivity contribution is 6.16. The Balaban J connectivity index is 1.11. The quantitative estimate of drug-likeness (QED) is 0.0572. The third-order valence-electron chi connectivity index (χ3n) is 9.67. The van der Waals surface area contributed by atoms with Gasteiger partial charge in [-0.15, -0.1) is 0 Å². The van der Waals surface area contributed by atoms with Gasteiger partial charge in [0, 0.05) is 44.9 Å². The zero-order valence-electron chi connectivity index (χ0n) is 34.3. The molecule has 0 radical (unpaired) electrons. The van der Waals surface area contributed by atoms with E-state index in [0.29, 0.717) is 18.8 Å². The predicted octanol–water partition coefficient (Wildman–Crippen LogP) is 2.63. The van der Waals surface area contributed by atoms with Crippen LogP contribution in [0.4, 0.5) is 0 Å². The largest absolute Gasteiger partial charge is 0.574 e. The summed E-state index contributed by atoms with van der Waals surface area (Å²) in [5.41, 5.74) is -1.74. The molecule has 62 heavy (non-hydrogen) atoms. The molecule has 0 aromatic carbocycles. The molecule has 0 amide bonds. The van der Waals surface area contributed by atoms with E-state index in [1.54, 1.807) is 13.8 Å². The summed E-state index contributed by atoms with van der Waals surface area (Å²) in [5.74, 6) is -14.5. The monoisotopic (exact) mass is 864 g/mol. The number of esters is 7. The Labute approximate surface area is 355 Å². The fourth-order valence-corrected chi connectivity index (χ4v) is 6.43. The maximum Gasteiger partial charge on any atom is 0.348 e. The van der Waals surface area contributed by atoms with Crippen molar-refractivity contribution in [2.75, 3.05) is 13.2 Å². The highest BCUT2D eigenvalue weighted by atomic mass is 16.8. The van der Waals surface area contributed by atoms with Gasteiger partial charge >= 0.3 is 41.8 Å². The van der Waals surface area contributed by atoms with Crippen LogP contribution in [0.25, 0.3) is 0 Å². The lowest BCUT2D eigenvalue weighted by molar-refractivity contribution is -0.397. The molecule has 5 aliphatic rings. The van der Waals surface area contributed by atoms with Gasteiger partial charge in [0.25, 0.3) is 11.6 Å². The van der Waals surface area contributed by atoms with Crippen molar-refractivity contribution in [3.8, 4) is 0 Å². The van der Waals surface area contributed by atoms with E-state index in [-0.39, 0.29) is 57.1 Å². The Morgan fingerprint density at radius 3 is 1.32 bits per heavy atom. The van der Waals surface area contributed by atoms with Crippen molar-refractivity contribution in [2.45, 2.75) is 102 Å². The van der Waals surface area contributed by atoms with Gasteiger partial charge in [0.1, 0.15) is 11.1 Å². The van der Waals surface area contributed by atoms with Crippen LogP contribution in [0.1, 0.15) is 79.1 Å². The van der Waals surface area contributed by atoms with Crippen LogP contribution in [-0.4, -0.2) is 78.1 Å². The van der Waals surface area contributed by atoms with Crippen molar-refractivity contribution < 1.29 is 91.1 Å². The van der Waals surface area contributed by atoms with Crippen LogP contribution in [-0.2, 0) is 80.9 Å². The maximum absolute atomic E-state index is 12.9. The van der Waals surface area contributed by atoms with E-state index in [2.05, 4.69) is 6.58 Å².